The maximum absolute atomic E-state index is 12.4. The maximum atomic E-state index is 12.4. The van der Waals surface area contributed by atoms with E-state index in [0.29, 0.717) is 5.82 Å². The van der Waals surface area contributed by atoms with Gasteiger partial charge >= 0.3 is 5.97 Å². The van der Waals surface area contributed by atoms with Gasteiger partial charge in [0.2, 0.25) is 0 Å². The van der Waals surface area contributed by atoms with Gasteiger partial charge in [0.15, 0.2) is 0 Å². The molecule has 0 saturated heterocycles. The van der Waals surface area contributed by atoms with Crippen molar-refractivity contribution >= 4 is 17.2 Å². The Morgan fingerprint density at radius 1 is 1.46 bits per heavy atom. The minimum absolute atomic E-state index is 0.0737. The van der Waals surface area contributed by atoms with E-state index >= 15 is 0 Å². The lowest BCUT2D eigenvalue weighted by atomic mass is 10.0. The predicted molar refractivity (Wildman–Crippen MR) is 92.2 cm³/mol. The van der Waals surface area contributed by atoms with Crippen molar-refractivity contribution in [1.29, 1.82) is 0 Å². The fourth-order valence-corrected chi connectivity index (χ4v) is 2.91. The molecule has 0 fully saturated rings. The number of benzene rings is 1. The van der Waals surface area contributed by atoms with Gasteiger partial charge in [-0.15, -0.1) is 0 Å². The molecule has 2 heterocycles. The Kier molecular flexibility index (Phi) is 4.20. The minimum atomic E-state index is -1.25. The Morgan fingerprint density at radius 2 is 2.25 bits per heavy atom. The fourth-order valence-electron chi connectivity index (χ4n) is 2.91. The van der Waals surface area contributed by atoms with Crippen molar-refractivity contribution in [3.8, 4) is 0 Å². The van der Waals surface area contributed by atoms with Gasteiger partial charge in [-0.3, -0.25) is 9.36 Å². The summed E-state index contributed by atoms with van der Waals surface area (Å²) in [5.74, 6) is -0.715. The number of carboxylic acid groups (broad SMARTS) is 1. The van der Waals surface area contributed by atoms with Gasteiger partial charge in [0, 0.05) is 29.7 Å². The first kappa shape index (κ1) is 16.0. The zero-order valence-electron chi connectivity index (χ0n) is 13.6. The summed E-state index contributed by atoms with van der Waals surface area (Å²) >= 11 is 0. The molecule has 6 heteroatoms. The molecular weight excluding hydrogens is 306 g/mol. The highest BCUT2D eigenvalue weighted by Crippen LogP contribution is 2.29. The van der Waals surface area contributed by atoms with E-state index in [4.69, 9.17) is 5.11 Å². The molecule has 24 heavy (non-hydrogen) atoms. The van der Waals surface area contributed by atoms with Crippen molar-refractivity contribution in [2.45, 2.75) is 32.7 Å². The average molecular weight is 325 g/mol. The molecule has 124 valence electrons. The number of aromatic carboxylic acids is 1. The van der Waals surface area contributed by atoms with Gasteiger partial charge in [-0.2, -0.15) is 0 Å². The number of rotatable bonds is 3. The third-order valence-electron chi connectivity index (χ3n) is 4.21. The van der Waals surface area contributed by atoms with E-state index in [-0.39, 0.29) is 11.6 Å². The lowest BCUT2D eigenvalue weighted by molar-refractivity contribution is 0.0693. The third kappa shape index (κ3) is 2.95. The highest BCUT2D eigenvalue weighted by Gasteiger charge is 2.25. The summed E-state index contributed by atoms with van der Waals surface area (Å²) in [6.07, 6.45) is 4.53. The smallest absolute Gasteiger partial charge is 0.342 e. The van der Waals surface area contributed by atoms with Gasteiger partial charge in [-0.25, -0.2) is 9.78 Å². The summed E-state index contributed by atoms with van der Waals surface area (Å²) in [5.41, 5.74) is 2.21. The largest absolute Gasteiger partial charge is 0.477 e. The van der Waals surface area contributed by atoms with Crippen LogP contribution in [0, 0.1) is 6.92 Å². The summed E-state index contributed by atoms with van der Waals surface area (Å²) in [6, 6.07) is 7.90. The van der Waals surface area contributed by atoms with E-state index in [9.17, 15) is 9.59 Å². The van der Waals surface area contributed by atoms with Crippen molar-refractivity contribution in [2.75, 3.05) is 5.32 Å². The summed E-state index contributed by atoms with van der Waals surface area (Å²) in [5, 5.41) is 12.4. The quantitative estimate of drug-likeness (QED) is 0.906. The van der Waals surface area contributed by atoms with Crippen molar-refractivity contribution in [1.82, 2.24) is 9.55 Å². The van der Waals surface area contributed by atoms with Crippen molar-refractivity contribution < 1.29 is 9.90 Å². The van der Waals surface area contributed by atoms with E-state index < -0.39 is 11.5 Å². The van der Waals surface area contributed by atoms with Crippen LogP contribution in [-0.2, 0) is 0 Å². The first-order chi connectivity index (χ1) is 11.5. The lowest BCUT2D eigenvalue weighted by Gasteiger charge is -2.26. The molecule has 0 saturated carbocycles. The second-order valence-electron chi connectivity index (χ2n) is 6.05. The molecule has 2 N–H and O–H groups in total. The van der Waals surface area contributed by atoms with Crippen LogP contribution in [0.5, 0.6) is 0 Å². The van der Waals surface area contributed by atoms with Gasteiger partial charge in [0.25, 0.3) is 5.56 Å². The van der Waals surface area contributed by atoms with E-state index in [0.717, 1.165) is 35.9 Å². The normalized spacial score (nSPS) is 18.2. The van der Waals surface area contributed by atoms with E-state index in [1.807, 2.05) is 44.3 Å². The Bertz CT molecular complexity index is 883. The summed E-state index contributed by atoms with van der Waals surface area (Å²) in [6.45, 7) is 3.92. The zero-order chi connectivity index (χ0) is 17.3. The first-order valence-electron chi connectivity index (χ1n) is 7.85. The number of hydrogen-bond acceptors (Lipinski definition) is 4. The van der Waals surface area contributed by atoms with Crippen LogP contribution in [0.25, 0.3) is 5.57 Å². The van der Waals surface area contributed by atoms with Crippen molar-refractivity contribution in [3.05, 3.63) is 64.0 Å². The van der Waals surface area contributed by atoms with E-state index in [1.165, 1.54) is 4.57 Å². The van der Waals surface area contributed by atoms with Crippen LogP contribution in [0.1, 0.15) is 47.6 Å². The van der Waals surface area contributed by atoms with Crippen molar-refractivity contribution in [2.24, 2.45) is 0 Å². The number of anilines is 1. The number of nitrogens with zero attached hydrogens (tertiary/aromatic N) is 2. The molecule has 0 aliphatic carbocycles. The van der Waals surface area contributed by atoms with Crippen LogP contribution in [0.2, 0.25) is 0 Å². The molecule has 3 rings (SSSR count). The average Bonchev–Trinajstić information content (AvgIpc) is 2.54. The number of aryl methyl sites for hydroxylation is 1. The molecule has 0 radical (unpaired) electrons. The van der Waals surface area contributed by atoms with Crippen LogP contribution in [-0.4, -0.2) is 20.6 Å². The number of carbonyl (C=O) groups is 1. The number of allylic oxidation sites excluding steroid dienone is 1. The van der Waals surface area contributed by atoms with Crippen LogP contribution >= 0.6 is 0 Å². The summed E-state index contributed by atoms with van der Waals surface area (Å²) in [7, 11) is 0. The SMILES string of the molecule is Cc1cccc(NC=C2CCC(C)n3c2ncc(C(=O)O)c3=O)c1. The van der Waals surface area contributed by atoms with Gasteiger partial charge in [-0.1, -0.05) is 12.1 Å². The summed E-state index contributed by atoms with van der Waals surface area (Å²) < 4.78 is 1.48. The standard InChI is InChI=1S/C18H19N3O3/c1-11-4-3-5-14(8-11)19-9-13-7-6-12(2)21-16(13)20-10-15(17(21)22)18(23)24/h3-5,8-10,12,19H,6-7H2,1-2H3,(H,23,24). The van der Waals surface area contributed by atoms with Crippen LogP contribution < -0.4 is 10.9 Å². The molecule has 2 aromatic rings. The van der Waals surface area contributed by atoms with Crippen molar-refractivity contribution in [3.63, 3.8) is 0 Å². The molecule has 1 aliphatic rings. The first-order valence-corrected chi connectivity index (χ1v) is 7.85. The predicted octanol–water partition coefficient (Wildman–Crippen LogP) is 3.06. The molecule has 1 aromatic heterocycles. The number of carboxylic acids is 1. The molecule has 0 bridgehead atoms. The highest BCUT2D eigenvalue weighted by molar-refractivity contribution is 5.87. The fraction of sp³-hybridized carbons (Fsp3) is 0.278. The molecule has 6 nitrogen and oxygen atoms in total. The number of aromatic nitrogens is 2. The Morgan fingerprint density at radius 3 is 2.96 bits per heavy atom. The van der Waals surface area contributed by atoms with Gasteiger partial charge < -0.3 is 10.4 Å². The molecule has 1 aromatic carbocycles. The Labute approximate surface area is 139 Å². The number of hydrogen-bond donors (Lipinski definition) is 2. The monoisotopic (exact) mass is 325 g/mol. The van der Waals surface area contributed by atoms with Gasteiger partial charge in [-0.05, 0) is 44.4 Å². The van der Waals surface area contributed by atoms with E-state index in [1.54, 1.807) is 0 Å². The van der Waals surface area contributed by atoms with Crippen LogP contribution in [0.4, 0.5) is 5.69 Å². The molecule has 1 atom stereocenters. The molecule has 0 amide bonds. The highest BCUT2D eigenvalue weighted by atomic mass is 16.4. The molecule has 1 aliphatic heterocycles. The van der Waals surface area contributed by atoms with E-state index in [2.05, 4.69) is 10.3 Å². The maximum Gasteiger partial charge on any atom is 0.342 e. The zero-order valence-corrected chi connectivity index (χ0v) is 13.6. The van der Waals surface area contributed by atoms with Crippen LogP contribution in [0.3, 0.4) is 0 Å². The van der Waals surface area contributed by atoms with Crippen LogP contribution in [0.15, 0.2) is 41.5 Å². The molecular formula is C18H19N3O3. The van der Waals surface area contributed by atoms with Gasteiger partial charge in [0.05, 0.1) is 0 Å². The number of fused-ring (bicyclic) bond motifs is 1. The third-order valence-corrected chi connectivity index (χ3v) is 4.21. The topological polar surface area (TPSA) is 84.2 Å². The minimum Gasteiger partial charge on any atom is -0.477 e. The second-order valence-corrected chi connectivity index (χ2v) is 6.05. The second kappa shape index (κ2) is 6.31. The summed E-state index contributed by atoms with van der Waals surface area (Å²) in [4.78, 5) is 27.8. The Hall–Kier alpha value is -2.89. The van der Waals surface area contributed by atoms with Gasteiger partial charge in [0.1, 0.15) is 11.4 Å². The molecule has 0 spiro atoms. The lowest BCUT2D eigenvalue weighted by Crippen LogP contribution is -2.34. The molecule has 1 unspecified atom stereocenters. The number of nitrogens with one attached hydrogen (secondary N) is 1. The Balaban J connectivity index is 2.00.